The SMILES string of the molecule is [B]c1ccc(OC(=O)N2CCc3c([nH]c4c3=CC(Cl)CC=4)C2c2ccc(OCC3OCCO3)cc2)cc1. The summed E-state index contributed by atoms with van der Waals surface area (Å²) in [6.45, 7) is 1.99. The zero-order valence-electron chi connectivity index (χ0n) is 20.2. The van der Waals surface area contributed by atoms with E-state index in [4.69, 9.17) is 38.4 Å². The van der Waals surface area contributed by atoms with Crippen LogP contribution in [0.2, 0.25) is 0 Å². The maximum absolute atomic E-state index is 13.4. The topological polar surface area (TPSA) is 73.0 Å². The molecule has 3 aromatic rings. The first kappa shape index (κ1) is 24.2. The minimum atomic E-state index is -0.424. The summed E-state index contributed by atoms with van der Waals surface area (Å²) in [5.74, 6) is 1.15. The monoisotopic (exact) mass is 516 g/mol. The Kier molecular flexibility index (Phi) is 6.71. The zero-order chi connectivity index (χ0) is 25.4. The van der Waals surface area contributed by atoms with Gasteiger partial charge < -0.3 is 23.9 Å². The van der Waals surface area contributed by atoms with Gasteiger partial charge >= 0.3 is 6.09 Å². The summed E-state index contributed by atoms with van der Waals surface area (Å²) in [5.41, 5.74) is 3.71. The predicted octanol–water partition coefficient (Wildman–Crippen LogP) is 2.28. The molecule has 7 nitrogen and oxygen atoms in total. The Hall–Kier alpha value is -3.20. The maximum Gasteiger partial charge on any atom is 0.416 e. The van der Waals surface area contributed by atoms with Crippen molar-refractivity contribution >= 4 is 43.2 Å². The Morgan fingerprint density at radius 1 is 1.08 bits per heavy atom. The summed E-state index contributed by atoms with van der Waals surface area (Å²) in [7, 11) is 5.78. The van der Waals surface area contributed by atoms with Crippen LogP contribution in [0.3, 0.4) is 0 Å². The van der Waals surface area contributed by atoms with E-state index in [2.05, 4.69) is 17.1 Å². The van der Waals surface area contributed by atoms with Crippen molar-refractivity contribution in [3.05, 3.63) is 75.9 Å². The first-order valence-electron chi connectivity index (χ1n) is 12.4. The lowest BCUT2D eigenvalue weighted by molar-refractivity contribution is -0.0684. The van der Waals surface area contributed by atoms with E-state index in [-0.39, 0.29) is 17.7 Å². The minimum Gasteiger partial charge on any atom is -0.488 e. The largest absolute Gasteiger partial charge is 0.488 e. The fraction of sp³-hybridized carbons (Fsp3) is 0.321. The summed E-state index contributed by atoms with van der Waals surface area (Å²) in [5, 5.41) is 2.15. The molecule has 0 spiro atoms. The molecule has 37 heavy (non-hydrogen) atoms. The number of aromatic nitrogens is 1. The van der Waals surface area contributed by atoms with Crippen molar-refractivity contribution in [1.29, 1.82) is 0 Å². The Morgan fingerprint density at radius 3 is 2.57 bits per heavy atom. The molecule has 1 saturated heterocycles. The third-order valence-corrected chi connectivity index (χ3v) is 7.19. The maximum atomic E-state index is 13.4. The standard InChI is InChI=1S/C28H26BClN2O5/c29-18-3-8-21(9-4-18)37-28(33)32-12-11-22-23-15-19(30)5-10-24(23)31-26(22)27(32)17-1-6-20(7-2-17)36-16-25-34-13-14-35-25/h1-4,6-10,15,19,25,27,31H,5,11-14,16H2. The number of nitrogens with zero attached hydrogens (tertiary/aromatic N) is 1. The summed E-state index contributed by atoms with van der Waals surface area (Å²) < 4.78 is 22.5. The van der Waals surface area contributed by atoms with Crippen LogP contribution in [0.4, 0.5) is 4.79 Å². The predicted molar refractivity (Wildman–Crippen MR) is 141 cm³/mol. The number of nitrogens with one attached hydrogen (secondary N) is 1. The molecular weight excluding hydrogens is 491 g/mol. The smallest absolute Gasteiger partial charge is 0.416 e. The van der Waals surface area contributed by atoms with Gasteiger partial charge in [-0.2, -0.15) is 0 Å². The molecule has 0 saturated carbocycles. The van der Waals surface area contributed by atoms with E-state index in [1.807, 2.05) is 24.3 Å². The lowest BCUT2D eigenvalue weighted by Crippen LogP contribution is -2.43. The van der Waals surface area contributed by atoms with Crippen LogP contribution in [0, 0.1) is 0 Å². The van der Waals surface area contributed by atoms with E-state index in [9.17, 15) is 4.79 Å². The lowest BCUT2D eigenvalue weighted by atomic mass is 9.92. The average Bonchev–Trinajstić information content (AvgIpc) is 3.56. The lowest BCUT2D eigenvalue weighted by Gasteiger charge is -2.35. The Balaban J connectivity index is 1.32. The molecule has 2 aromatic carbocycles. The molecule has 3 heterocycles. The molecule has 1 aromatic heterocycles. The van der Waals surface area contributed by atoms with Crippen molar-refractivity contribution in [2.24, 2.45) is 0 Å². The molecule has 1 aliphatic carbocycles. The first-order chi connectivity index (χ1) is 18.0. The molecule has 1 N–H and O–H groups in total. The quantitative estimate of drug-likeness (QED) is 0.416. The number of carbonyl (C=O) groups is 1. The van der Waals surface area contributed by atoms with Gasteiger partial charge in [-0.15, -0.1) is 11.6 Å². The average molecular weight is 517 g/mol. The van der Waals surface area contributed by atoms with Crippen LogP contribution >= 0.6 is 11.6 Å². The van der Waals surface area contributed by atoms with Gasteiger partial charge in [0, 0.05) is 22.8 Å². The molecule has 2 radical (unpaired) electrons. The van der Waals surface area contributed by atoms with E-state index >= 15 is 0 Å². The van der Waals surface area contributed by atoms with Crippen molar-refractivity contribution in [2.45, 2.75) is 30.6 Å². The highest BCUT2D eigenvalue weighted by Crippen LogP contribution is 2.34. The van der Waals surface area contributed by atoms with Gasteiger partial charge in [0.2, 0.25) is 0 Å². The van der Waals surface area contributed by atoms with E-state index in [1.54, 1.807) is 29.2 Å². The van der Waals surface area contributed by atoms with Gasteiger partial charge in [0.25, 0.3) is 0 Å². The minimum absolute atomic E-state index is 0.0383. The van der Waals surface area contributed by atoms with Crippen molar-refractivity contribution in [3.63, 3.8) is 0 Å². The van der Waals surface area contributed by atoms with Gasteiger partial charge in [0.15, 0.2) is 6.29 Å². The first-order valence-corrected chi connectivity index (χ1v) is 12.9. The van der Waals surface area contributed by atoms with Gasteiger partial charge in [-0.05, 0) is 48.2 Å². The Labute approximate surface area is 221 Å². The highest BCUT2D eigenvalue weighted by Gasteiger charge is 2.35. The number of fused-ring (bicyclic) bond motifs is 3. The van der Waals surface area contributed by atoms with Crippen molar-refractivity contribution in [3.8, 4) is 11.5 Å². The zero-order valence-corrected chi connectivity index (χ0v) is 20.9. The van der Waals surface area contributed by atoms with Crippen LogP contribution in [-0.2, 0) is 15.9 Å². The number of hydrogen-bond acceptors (Lipinski definition) is 5. The highest BCUT2D eigenvalue weighted by atomic mass is 35.5. The number of alkyl halides is 1. The molecule has 6 rings (SSSR count). The van der Waals surface area contributed by atoms with Crippen LogP contribution in [-0.4, -0.2) is 61.9 Å². The molecule has 1 fully saturated rings. The molecule has 9 heteroatoms. The van der Waals surface area contributed by atoms with Crippen LogP contribution in [0.15, 0.2) is 48.5 Å². The van der Waals surface area contributed by atoms with Crippen LogP contribution in [0.1, 0.15) is 29.3 Å². The van der Waals surface area contributed by atoms with Gasteiger partial charge in [-0.3, -0.25) is 4.90 Å². The number of amides is 1. The fourth-order valence-corrected chi connectivity index (χ4v) is 5.31. The number of rotatable bonds is 5. The molecule has 2 atom stereocenters. The number of ether oxygens (including phenoxy) is 4. The van der Waals surface area contributed by atoms with Crippen molar-refractivity contribution in [1.82, 2.24) is 9.88 Å². The second kappa shape index (κ2) is 10.3. The van der Waals surface area contributed by atoms with E-state index in [1.165, 1.54) is 5.56 Å². The summed E-state index contributed by atoms with van der Waals surface area (Å²) >= 11 is 6.45. The van der Waals surface area contributed by atoms with E-state index in [0.29, 0.717) is 49.7 Å². The molecule has 2 aliphatic heterocycles. The number of H-pyrrole nitrogens is 1. The summed E-state index contributed by atoms with van der Waals surface area (Å²) in [6, 6.07) is 14.2. The van der Waals surface area contributed by atoms with E-state index < -0.39 is 6.09 Å². The molecule has 1 amide bonds. The number of halogens is 1. The molecular formula is C28H26BClN2O5. The number of benzene rings is 2. The molecule has 0 bridgehead atoms. The van der Waals surface area contributed by atoms with Gasteiger partial charge in [0.05, 0.1) is 18.6 Å². The Morgan fingerprint density at radius 2 is 1.81 bits per heavy atom. The summed E-state index contributed by atoms with van der Waals surface area (Å²) in [4.78, 5) is 18.8. The van der Waals surface area contributed by atoms with Gasteiger partial charge in [-0.1, -0.05) is 41.9 Å². The molecule has 188 valence electrons. The third-order valence-electron chi connectivity index (χ3n) is 6.88. The van der Waals surface area contributed by atoms with Crippen molar-refractivity contribution in [2.75, 3.05) is 26.4 Å². The van der Waals surface area contributed by atoms with Gasteiger partial charge in [0.1, 0.15) is 32.0 Å². The third kappa shape index (κ3) is 5.01. The summed E-state index contributed by atoms with van der Waals surface area (Å²) in [6.07, 6.45) is 4.93. The molecule has 3 aliphatic rings. The number of carbonyl (C=O) groups excluding carboxylic acids is 1. The highest BCUT2D eigenvalue weighted by molar-refractivity contribution is 6.32. The van der Waals surface area contributed by atoms with E-state index in [0.717, 1.165) is 28.2 Å². The Bertz CT molecular complexity index is 1400. The fourth-order valence-electron chi connectivity index (χ4n) is 5.10. The second-order valence-corrected chi connectivity index (χ2v) is 9.86. The number of hydrogen-bond donors (Lipinski definition) is 1. The van der Waals surface area contributed by atoms with Crippen molar-refractivity contribution < 1.29 is 23.7 Å². The van der Waals surface area contributed by atoms with Crippen LogP contribution in [0.5, 0.6) is 11.5 Å². The van der Waals surface area contributed by atoms with Gasteiger partial charge in [-0.25, -0.2) is 4.79 Å². The van der Waals surface area contributed by atoms with Crippen LogP contribution in [0.25, 0.3) is 12.2 Å². The molecule has 2 unspecified atom stereocenters. The second-order valence-electron chi connectivity index (χ2n) is 9.30. The number of aromatic amines is 1. The normalized spacial score (nSPS) is 20.9. The van der Waals surface area contributed by atoms with Crippen LogP contribution < -0.4 is 25.5 Å².